The Balaban J connectivity index is 1.58. The van der Waals surface area contributed by atoms with Gasteiger partial charge in [0, 0.05) is 35.9 Å². The van der Waals surface area contributed by atoms with Gasteiger partial charge in [0.1, 0.15) is 0 Å². The van der Waals surface area contributed by atoms with Crippen molar-refractivity contribution in [3.05, 3.63) is 84.2 Å². The molecule has 134 valence electrons. The van der Waals surface area contributed by atoms with Gasteiger partial charge in [-0.1, -0.05) is 18.2 Å². The molecule has 0 aliphatic carbocycles. The summed E-state index contributed by atoms with van der Waals surface area (Å²) in [5, 5.41) is 0. The van der Waals surface area contributed by atoms with Gasteiger partial charge in [0.05, 0.1) is 12.2 Å². The lowest BCUT2D eigenvalue weighted by molar-refractivity contribution is -0.137. The molecule has 4 rings (SSSR count). The number of aromatic nitrogens is 1. The van der Waals surface area contributed by atoms with E-state index < -0.39 is 11.7 Å². The maximum atomic E-state index is 12.7. The minimum absolute atomic E-state index is 0.201. The Labute approximate surface area is 149 Å². The van der Waals surface area contributed by atoms with Gasteiger partial charge in [-0.15, -0.1) is 0 Å². The number of nitrogens with zero attached hydrogens (tertiary/aromatic N) is 2. The highest BCUT2D eigenvalue weighted by molar-refractivity contribution is 5.49. The smallest absolute Gasteiger partial charge is 0.352 e. The van der Waals surface area contributed by atoms with Crippen LogP contribution in [-0.2, 0) is 10.9 Å². The molecule has 2 aromatic carbocycles. The van der Waals surface area contributed by atoms with E-state index in [0.29, 0.717) is 12.3 Å². The molecule has 1 aliphatic rings. The van der Waals surface area contributed by atoms with E-state index in [-0.39, 0.29) is 6.23 Å². The van der Waals surface area contributed by atoms with Crippen molar-refractivity contribution in [2.24, 2.45) is 0 Å². The second-order valence-corrected chi connectivity index (χ2v) is 6.15. The van der Waals surface area contributed by atoms with E-state index in [1.807, 2.05) is 48.8 Å². The van der Waals surface area contributed by atoms with Crippen LogP contribution < -0.4 is 4.90 Å². The van der Waals surface area contributed by atoms with Crippen LogP contribution in [-0.4, -0.2) is 17.7 Å². The Hall–Kier alpha value is -2.73. The third kappa shape index (κ3) is 3.20. The second-order valence-electron chi connectivity index (χ2n) is 6.15. The number of anilines is 1. The summed E-state index contributed by atoms with van der Waals surface area (Å²) in [6.07, 6.45) is -0.793. The minimum atomic E-state index is -4.33. The number of benzene rings is 2. The van der Waals surface area contributed by atoms with Gasteiger partial charge >= 0.3 is 6.18 Å². The first-order valence-electron chi connectivity index (χ1n) is 8.31. The Bertz CT molecular complexity index is 872. The van der Waals surface area contributed by atoms with Crippen molar-refractivity contribution in [2.75, 3.05) is 18.1 Å². The van der Waals surface area contributed by atoms with Crippen LogP contribution in [0.3, 0.4) is 0 Å². The van der Waals surface area contributed by atoms with Crippen molar-refractivity contribution in [1.82, 2.24) is 4.57 Å². The van der Waals surface area contributed by atoms with Gasteiger partial charge in [-0.3, -0.25) is 0 Å². The Morgan fingerprint density at radius 2 is 1.62 bits per heavy atom. The van der Waals surface area contributed by atoms with Crippen LogP contribution in [0.2, 0.25) is 0 Å². The van der Waals surface area contributed by atoms with Crippen molar-refractivity contribution in [2.45, 2.75) is 12.4 Å². The summed E-state index contributed by atoms with van der Waals surface area (Å²) in [7, 11) is 0. The van der Waals surface area contributed by atoms with Gasteiger partial charge < -0.3 is 14.2 Å². The molecule has 26 heavy (non-hydrogen) atoms. The Morgan fingerprint density at radius 1 is 0.885 bits per heavy atom. The predicted molar refractivity (Wildman–Crippen MR) is 93.3 cm³/mol. The molecule has 0 bridgehead atoms. The molecule has 0 N–H and O–H groups in total. The van der Waals surface area contributed by atoms with Crippen LogP contribution in [0.1, 0.15) is 17.4 Å². The summed E-state index contributed by atoms with van der Waals surface area (Å²) in [6, 6.07) is 17.1. The van der Waals surface area contributed by atoms with Crippen molar-refractivity contribution in [3.63, 3.8) is 0 Å². The number of rotatable bonds is 3. The molecule has 1 atom stereocenters. The van der Waals surface area contributed by atoms with Gasteiger partial charge in [0.25, 0.3) is 0 Å². The first-order chi connectivity index (χ1) is 12.5. The highest BCUT2D eigenvalue weighted by atomic mass is 19.4. The number of hydrogen-bond acceptors (Lipinski definition) is 2. The molecule has 0 spiro atoms. The van der Waals surface area contributed by atoms with Crippen LogP contribution in [0.5, 0.6) is 0 Å². The molecule has 1 aromatic heterocycles. The summed E-state index contributed by atoms with van der Waals surface area (Å²) in [4.78, 5) is 2.17. The SMILES string of the molecule is FC(F)(F)c1ccc(-n2ccc(C3OCCN3c3ccccc3)c2)cc1. The van der Waals surface area contributed by atoms with E-state index >= 15 is 0 Å². The molecule has 0 amide bonds. The molecule has 1 saturated heterocycles. The van der Waals surface area contributed by atoms with E-state index in [2.05, 4.69) is 4.90 Å². The first kappa shape index (κ1) is 16.7. The number of para-hydroxylation sites is 1. The van der Waals surface area contributed by atoms with E-state index in [9.17, 15) is 13.2 Å². The fraction of sp³-hybridized carbons (Fsp3) is 0.200. The second kappa shape index (κ2) is 6.53. The van der Waals surface area contributed by atoms with Crippen LogP contribution in [0.15, 0.2) is 73.1 Å². The summed E-state index contributed by atoms with van der Waals surface area (Å²) in [5.74, 6) is 0. The minimum Gasteiger partial charge on any atom is -0.352 e. The molecule has 6 heteroatoms. The average molecular weight is 358 g/mol. The zero-order valence-corrected chi connectivity index (χ0v) is 13.9. The number of halogens is 3. The van der Waals surface area contributed by atoms with Gasteiger partial charge in [0.2, 0.25) is 0 Å². The Morgan fingerprint density at radius 3 is 2.31 bits per heavy atom. The molecule has 0 saturated carbocycles. The van der Waals surface area contributed by atoms with Crippen molar-refractivity contribution < 1.29 is 17.9 Å². The maximum Gasteiger partial charge on any atom is 0.416 e. The standard InChI is InChI=1S/C20H17F3N2O/c21-20(22,23)16-6-8-17(9-7-16)24-11-10-15(14-24)19-25(12-13-26-19)18-4-2-1-3-5-18/h1-11,14,19H,12-13H2. The summed E-state index contributed by atoms with van der Waals surface area (Å²) < 4.78 is 45.8. The number of alkyl halides is 3. The zero-order valence-electron chi connectivity index (χ0n) is 13.9. The third-order valence-corrected chi connectivity index (χ3v) is 4.47. The third-order valence-electron chi connectivity index (χ3n) is 4.47. The summed E-state index contributed by atoms with van der Waals surface area (Å²) >= 11 is 0. The van der Waals surface area contributed by atoms with Gasteiger partial charge in [-0.25, -0.2) is 0 Å². The predicted octanol–water partition coefficient (Wildman–Crippen LogP) is 5.03. The lowest BCUT2D eigenvalue weighted by Gasteiger charge is -2.24. The highest BCUT2D eigenvalue weighted by Gasteiger charge is 2.30. The normalized spacial score (nSPS) is 17.7. The van der Waals surface area contributed by atoms with Crippen LogP contribution >= 0.6 is 0 Å². The molecule has 3 aromatic rings. The molecule has 1 aliphatic heterocycles. The van der Waals surface area contributed by atoms with E-state index in [4.69, 9.17) is 4.74 Å². The number of ether oxygens (including phenoxy) is 1. The van der Waals surface area contributed by atoms with Crippen molar-refractivity contribution in [1.29, 1.82) is 0 Å². The highest BCUT2D eigenvalue weighted by Crippen LogP contribution is 2.33. The molecule has 2 heterocycles. The van der Waals surface area contributed by atoms with E-state index in [0.717, 1.165) is 29.9 Å². The fourth-order valence-electron chi connectivity index (χ4n) is 3.17. The van der Waals surface area contributed by atoms with Crippen LogP contribution in [0.25, 0.3) is 5.69 Å². The van der Waals surface area contributed by atoms with E-state index in [1.165, 1.54) is 12.1 Å². The van der Waals surface area contributed by atoms with E-state index in [1.54, 1.807) is 4.57 Å². The molecular weight excluding hydrogens is 341 g/mol. The quantitative estimate of drug-likeness (QED) is 0.653. The molecular formula is C20H17F3N2O. The monoisotopic (exact) mass is 358 g/mol. The van der Waals surface area contributed by atoms with Gasteiger partial charge in [0.15, 0.2) is 6.23 Å². The van der Waals surface area contributed by atoms with Gasteiger partial charge in [-0.05, 0) is 42.5 Å². The molecule has 0 radical (unpaired) electrons. The average Bonchev–Trinajstić information content (AvgIpc) is 3.31. The Kier molecular flexibility index (Phi) is 4.20. The van der Waals surface area contributed by atoms with Crippen LogP contribution in [0.4, 0.5) is 18.9 Å². The lowest BCUT2D eigenvalue weighted by Crippen LogP contribution is -2.22. The lowest BCUT2D eigenvalue weighted by atomic mass is 10.2. The maximum absolute atomic E-state index is 12.7. The summed E-state index contributed by atoms with van der Waals surface area (Å²) in [5.41, 5.74) is 2.07. The van der Waals surface area contributed by atoms with Crippen LogP contribution in [0, 0.1) is 0 Å². The molecule has 1 unspecified atom stereocenters. The molecule has 1 fully saturated rings. The summed E-state index contributed by atoms with van der Waals surface area (Å²) in [6.45, 7) is 1.42. The molecule has 3 nitrogen and oxygen atoms in total. The van der Waals surface area contributed by atoms with Crippen molar-refractivity contribution in [3.8, 4) is 5.69 Å². The zero-order chi connectivity index (χ0) is 18.1. The fourth-order valence-corrected chi connectivity index (χ4v) is 3.17. The van der Waals surface area contributed by atoms with Crippen molar-refractivity contribution >= 4 is 5.69 Å². The number of hydrogen-bond donors (Lipinski definition) is 0. The largest absolute Gasteiger partial charge is 0.416 e. The van der Waals surface area contributed by atoms with Gasteiger partial charge in [-0.2, -0.15) is 13.2 Å². The topological polar surface area (TPSA) is 17.4 Å². The first-order valence-corrected chi connectivity index (χ1v) is 8.31.